The zero-order chi connectivity index (χ0) is 15.5. The molecule has 0 aliphatic rings. The molecule has 0 bridgehead atoms. The molecule has 0 aliphatic heterocycles. The molecule has 0 spiro atoms. The molecule has 0 radical (unpaired) electrons. The lowest BCUT2D eigenvalue weighted by Crippen LogP contribution is -2.41. The van der Waals surface area contributed by atoms with Crippen molar-refractivity contribution in [1.82, 2.24) is 9.71 Å². The monoisotopic (exact) mass is 325 g/mol. The predicted molar refractivity (Wildman–Crippen MR) is 81.7 cm³/mol. The van der Waals surface area contributed by atoms with Gasteiger partial charge in [0.1, 0.15) is 0 Å². The summed E-state index contributed by atoms with van der Waals surface area (Å²) in [4.78, 5) is 15.9. The number of amides is 1. The second kappa shape index (κ2) is 6.33. The number of aromatic nitrogens is 1. The molecule has 2 N–H and O–H groups in total. The molecule has 8 heteroatoms. The number of carbonyl (C=O) groups is 1. The minimum Gasteiger partial charge on any atom is -0.301 e. The summed E-state index contributed by atoms with van der Waals surface area (Å²) < 4.78 is 26.7. The number of benzene rings is 1. The molecule has 2 aromatic rings. The van der Waals surface area contributed by atoms with Crippen LogP contribution in [-0.4, -0.2) is 25.4 Å². The average molecular weight is 325 g/mol. The molecule has 0 aliphatic carbocycles. The quantitative estimate of drug-likeness (QED) is 0.877. The van der Waals surface area contributed by atoms with Crippen molar-refractivity contribution in [3.63, 3.8) is 0 Å². The number of thiazole rings is 1. The highest BCUT2D eigenvalue weighted by Gasteiger charge is 2.22. The summed E-state index contributed by atoms with van der Waals surface area (Å²) in [6, 6.07) is 5.51. The molecule has 1 atom stereocenters. The smallest absolute Gasteiger partial charge is 0.244 e. The highest BCUT2D eigenvalue weighted by atomic mass is 32.2. The van der Waals surface area contributed by atoms with Crippen molar-refractivity contribution in [1.29, 1.82) is 0 Å². The van der Waals surface area contributed by atoms with Crippen LogP contribution in [0.25, 0.3) is 0 Å². The number of hydrogen-bond acceptors (Lipinski definition) is 5. The highest BCUT2D eigenvalue weighted by molar-refractivity contribution is 7.89. The van der Waals surface area contributed by atoms with Crippen molar-refractivity contribution in [3.05, 3.63) is 41.4 Å². The Balaban J connectivity index is 2.05. The molecular formula is C13H15N3O3S2. The second-order valence-electron chi connectivity index (χ2n) is 4.48. The fraction of sp³-hybridized carbons (Fsp3) is 0.231. The Hall–Kier alpha value is -1.77. The zero-order valence-electron chi connectivity index (χ0n) is 11.5. The van der Waals surface area contributed by atoms with E-state index in [4.69, 9.17) is 0 Å². The van der Waals surface area contributed by atoms with Crippen molar-refractivity contribution in [2.75, 3.05) is 5.32 Å². The molecule has 1 aromatic carbocycles. The number of carbonyl (C=O) groups excluding carboxylic acids is 1. The summed E-state index contributed by atoms with van der Waals surface area (Å²) >= 11 is 1.26. The Morgan fingerprint density at radius 2 is 1.95 bits per heavy atom. The van der Waals surface area contributed by atoms with Gasteiger partial charge in [-0.05, 0) is 26.0 Å². The van der Waals surface area contributed by atoms with Gasteiger partial charge in [0.05, 0.1) is 10.9 Å². The molecule has 0 unspecified atom stereocenters. The highest BCUT2D eigenvalue weighted by Crippen LogP contribution is 2.13. The van der Waals surface area contributed by atoms with Crippen molar-refractivity contribution < 1.29 is 13.2 Å². The number of nitrogens with zero attached hydrogens (tertiary/aromatic N) is 1. The summed E-state index contributed by atoms with van der Waals surface area (Å²) in [5.41, 5.74) is 0.962. The van der Waals surface area contributed by atoms with Gasteiger partial charge in [-0.3, -0.25) is 4.79 Å². The van der Waals surface area contributed by atoms with Crippen LogP contribution in [0.15, 0.2) is 40.7 Å². The molecular weight excluding hydrogens is 310 g/mol. The van der Waals surface area contributed by atoms with Gasteiger partial charge in [0.25, 0.3) is 0 Å². The molecule has 0 saturated heterocycles. The summed E-state index contributed by atoms with van der Waals surface area (Å²) in [6.45, 7) is 3.35. The Bertz CT molecular complexity index is 710. The lowest BCUT2D eigenvalue weighted by Gasteiger charge is -2.13. The number of nitrogens with one attached hydrogen (secondary N) is 2. The van der Waals surface area contributed by atoms with E-state index < -0.39 is 22.0 Å². The summed E-state index contributed by atoms with van der Waals surface area (Å²) in [7, 11) is -3.73. The normalized spacial score (nSPS) is 12.9. The Labute approximate surface area is 127 Å². The maximum atomic E-state index is 12.2. The van der Waals surface area contributed by atoms with E-state index in [0.29, 0.717) is 5.13 Å². The topological polar surface area (TPSA) is 88.2 Å². The van der Waals surface area contributed by atoms with Crippen molar-refractivity contribution in [3.8, 4) is 0 Å². The van der Waals surface area contributed by atoms with Gasteiger partial charge in [-0.1, -0.05) is 17.7 Å². The van der Waals surface area contributed by atoms with E-state index in [-0.39, 0.29) is 4.90 Å². The van der Waals surface area contributed by atoms with E-state index >= 15 is 0 Å². The maximum absolute atomic E-state index is 12.2. The van der Waals surface area contributed by atoms with Crippen LogP contribution < -0.4 is 10.0 Å². The predicted octanol–water partition coefficient (Wildman–Crippen LogP) is 1.76. The first-order valence-corrected chi connectivity index (χ1v) is 8.54. The van der Waals surface area contributed by atoms with Crippen LogP contribution in [0.5, 0.6) is 0 Å². The first-order valence-electron chi connectivity index (χ1n) is 6.18. The number of hydrogen-bond donors (Lipinski definition) is 2. The van der Waals surface area contributed by atoms with Crippen LogP contribution in [0.2, 0.25) is 0 Å². The first-order chi connectivity index (χ1) is 9.88. The van der Waals surface area contributed by atoms with Crippen LogP contribution in [0.4, 0.5) is 5.13 Å². The third-order valence-electron chi connectivity index (χ3n) is 2.72. The zero-order valence-corrected chi connectivity index (χ0v) is 13.2. The van der Waals surface area contributed by atoms with Gasteiger partial charge in [-0.25, -0.2) is 13.4 Å². The van der Waals surface area contributed by atoms with Gasteiger partial charge in [0.15, 0.2) is 5.13 Å². The van der Waals surface area contributed by atoms with Crippen LogP contribution in [0.1, 0.15) is 12.5 Å². The fourth-order valence-electron chi connectivity index (χ4n) is 1.57. The standard InChI is InChI=1S/C13H15N3O3S2/c1-9-3-5-11(6-4-9)21(18,19)16-10(2)12(17)15-13-14-7-8-20-13/h3-8,10,16H,1-2H3,(H,14,15,17)/t10-/m0/s1. The van der Waals surface area contributed by atoms with Gasteiger partial charge >= 0.3 is 0 Å². The third kappa shape index (κ3) is 4.10. The molecule has 2 rings (SSSR count). The van der Waals surface area contributed by atoms with Crippen LogP contribution in [0, 0.1) is 6.92 Å². The van der Waals surface area contributed by atoms with Gasteiger partial charge in [0, 0.05) is 11.6 Å². The number of sulfonamides is 1. The molecule has 6 nitrogen and oxygen atoms in total. The van der Waals surface area contributed by atoms with Gasteiger partial charge in [-0.2, -0.15) is 4.72 Å². The minimum absolute atomic E-state index is 0.127. The maximum Gasteiger partial charge on any atom is 0.244 e. The summed E-state index contributed by atoms with van der Waals surface area (Å²) in [5.74, 6) is -0.458. The Morgan fingerprint density at radius 1 is 1.29 bits per heavy atom. The molecule has 0 fully saturated rings. The van der Waals surface area contributed by atoms with Gasteiger partial charge in [-0.15, -0.1) is 11.3 Å². The molecule has 0 saturated carbocycles. The first kappa shape index (κ1) is 15.6. The lowest BCUT2D eigenvalue weighted by atomic mass is 10.2. The van der Waals surface area contributed by atoms with E-state index in [0.717, 1.165) is 5.56 Å². The van der Waals surface area contributed by atoms with E-state index in [1.165, 1.54) is 30.4 Å². The number of rotatable bonds is 5. The minimum atomic E-state index is -3.73. The van der Waals surface area contributed by atoms with E-state index in [1.807, 2.05) is 6.92 Å². The SMILES string of the molecule is Cc1ccc(S(=O)(=O)N[C@@H](C)C(=O)Nc2nccs2)cc1. The van der Waals surface area contributed by atoms with Crippen molar-refractivity contribution in [2.24, 2.45) is 0 Å². The summed E-state index contributed by atoms with van der Waals surface area (Å²) in [6.07, 6.45) is 1.56. The largest absolute Gasteiger partial charge is 0.301 e. The number of aryl methyl sites for hydroxylation is 1. The average Bonchev–Trinajstić information content (AvgIpc) is 2.91. The molecule has 112 valence electrons. The van der Waals surface area contributed by atoms with Gasteiger partial charge < -0.3 is 5.32 Å². The van der Waals surface area contributed by atoms with Gasteiger partial charge in [0.2, 0.25) is 15.9 Å². The summed E-state index contributed by atoms with van der Waals surface area (Å²) in [5, 5.41) is 4.70. The van der Waals surface area contributed by atoms with Crippen LogP contribution >= 0.6 is 11.3 Å². The van der Waals surface area contributed by atoms with Crippen LogP contribution in [-0.2, 0) is 14.8 Å². The number of anilines is 1. The Kier molecular flexibility index (Phi) is 4.71. The second-order valence-corrected chi connectivity index (χ2v) is 7.09. The molecule has 21 heavy (non-hydrogen) atoms. The molecule has 1 aromatic heterocycles. The van der Waals surface area contributed by atoms with Crippen molar-refractivity contribution >= 4 is 32.4 Å². The van der Waals surface area contributed by atoms with Crippen LogP contribution in [0.3, 0.4) is 0 Å². The lowest BCUT2D eigenvalue weighted by molar-refractivity contribution is -0.117. The third-order valence-corrected chi connectivity index (χ3v) is 4.96. The molecule has 1 heterocycles. The fourth-order valence-corrected chi connectivity index (χ4v) is 3.31. The molecule has 1 amide bonds. The Morgan fingerprint density at radius 3 is 2.52 bits per heavy atom. The van der Waals surface area contributed by atoms with E-state index in [9.17, 15) is 13.2 Å². The van der Waals surface area contributed by atoms with E-state index in [2.05, 4.69) is 15.0 Å². The van der Waals surface area contributed by atoms with Crippen molar-refractivity contribution in [2.45, 2.75) is 24.8 Å². The van der Waals surface area contributed by atoms with E-state index in [1.54, 1.807) is 23.7 Å².